The van der Waals surface area contributed by atoms with Crippen LogP contribution in [0.3, 0.4) is 0 Å². The van der Waals surface area contributed by atoms with E-state index in [4.69, 9.17) is 10.00 Å². The highest BCUT2D eigenvalue weighted by atomic mass is 16.5. The van der Waals surface area contributed by atoms with Crippen LogP contribution >= 0.6 is 0 Å². The molecule has 1 heterocycles. The molecule has 0 atom stereocenters. The lowest BCUT2D eigenvalue weighted by Crippen LogP contribution is -1.99. The molecule has 80 valence electrons. The van der Waals surface area contributed by atoms with Crippen LogP contribution in [0, 0.1) is 18.4 Å². The van der Waals surface area contributed by atoms with Gasteiger partial charge in [0.25, 0.3) is 0 Å². The molecule has 0 fully saturated rings. The molecule has 2 aromatic rings. The van der Waals surface area contributed by atoms with Crippen LogP contribution in [0.25, 0.3) is 10.9 Å². The summed E-state index contributed by atoms with van der Waals surface area (Å²) in [5, 5.41) is 11.9. The van der Waals surface area contributed by atoms with Crippen LogP contribution < -0.4 is 10.1 Å². The maximum absolute atomic E-state index is 8.54. The lowest BCUT2D eigenvalue weighted by Gasteiger charge is -2.07. The standard InChI is InChI=1S/C11H10N4O/c1-7-8-4-3-5-9(16-2)10(8)15-11(14-7)13-6-12/h3-5H,1-2H3,(H,13,14,15). The van der Waals surface area contributed by atoms with E-state index in [1.165, 1.54) is 0 Å². The topological polar surface area (TPSA) is 70.8 Å². The zero-order chi connectivity index (χ0) is 11.5. The molecule has 0 unspecified atom stereocenters. The zero-order valence-corrected chi connectivity index (χ0v) is 8.98. The van der Waals surface area contributed by atoms with Crippen LogP contribution in [-0.4, -0.2) is 17.1 Å². The molecule has 0 bridgehead atoms. The highest BCUT2D eigenvalue weighted by Gasteiger charge is 2.08. The summed E-state index contributed by atoms with van der Waals surface area (Å²) in [5.41, 5.74) is 1.51. The van der Waals surface area contributed by atoms with Gasteiger partial charge in [0, 0.05) is 5.39 Å². The number of para-hydroxylation sites is 1. The van der Waals surface area contributed by atoms with E-state index in [2.05, 4.69) is 15.3 Å². The van der Waals surface area contributed by atoms with Gasteiger partial charge in [-0.05, 0) is 13.0 Å². The highest BCUT2D eigenvalue weighted by molar-refractivity contribution is 5.87. The first-order valence-electron chi connectivity index (χ1n) is 4.72. The average Bonchev–Trinajstić information content (AvgIpc) is 2.29. The number of nitriles is 1. The number of hydrogen-bond acceptors (Lipinski definition) is 5. The number of anilines is 1. The lowest BCUT2D eigenvalue weighted by atomic mass is 10.2. The number of ether oxygens (including phenoxy) is 1. The van der Waals surface area contributed by atoms with Gasteiger partial charge in [0.1, 0.15) is 11.3 Å². The first-order chi connectivity index (χ1) is 7.76. The molecule has 0 saturated carbocycles. The Morgan fingerprint density at radius 3 is 2.88 bits per heavy atom. The Kier molecular flexibility index (Phi) is 2.56. The van der Waals surface area contributed by atoms with Gasteiger partial charge in [0.05, 0.1) is 12.8 Å². The van der Waals surface area contributed by atoms with Gasteiger partial charge in [0.15, 0.2) is 6.19 Å². The van der Waals surface area contributed by atoms with E-state index in [0.29, 0.717) is 11.3 Å². The number of aromatic nitrogens is 2. The summed E-state index contributed by atoms with van der Waals surface area (Å²) in [6.07, 6.45) is 1.80. The van der Waals surface area contributed by atoms with Crippen molar-refractivity contribution < 1.29 is 4.74 Å². The Hall–Kier alpha value is -2.35. The number of nitrogens with one attached hydrogen (secondary N) is 1. The second-order valence-corrected chi connectivity index (χ2v) is 3.23. The summed E-state index contributed by atoms with van der Waals surface area (Å²) in [7, 11) is 1.59. The van der Waals surface area contributed by atoms with Crippen LogP contribution in [0.1, 0.15) is 5.69 Å². The third-order valence-electron chi connectivity index (χ3n) is 2.27. The number of nitrogens with zero attached hydrogens (tertiary/aromatic N) is 3. The molecule has 0 amide bonds. The molecule has 5 heteroatoms. The van der Waals surface area contributed by atoms with Crippen molar-refractivity contribution in [3.8, 4) is 11.9 Å². The molecular formula is C11H10N4O. The summed E-state index contributed by atoms with van der Waals surface area (Å²) < 4.78 is 5.21. The van der Waals surface area contributed by atoms with E-state index in [0.717, 1.165) is 11.1 Å². The van der Waals surface area contributed by atoms with Crippen molar-refractivity contribution in [2.24, 2.45) is 0 Å². The van der Waals surface area contributed by atoms with Crippen molar-refractivity contribution in [2.75, 3.05) is 12.4 Å². The van der Waals surface area contributed by atoms with E-state index >= 15 is 0 Å². The molecule has 0 spiro atoms. The predicted molar refractivity (Wildman–Crippen MR) is 60.1 cm³/mol. The van der Waals surface area contributed by atoms with Crippen molar-refractivity contribution in [1.29, 1.82) is 5.26 Å². The fourth-order valence-corrected chi connectivity index (χ4v) is 1.55. The second kappa shape index (κ2) is 4.03. The molecule has 0 aliphatic carbocycles. The van der Waals surface area contributed by atoms with Crippen LogP contribution in [0.15, 0.2) is 18.2 Å². The van der Waals surface area contributed by atoms with E-state index in [1.807, 2.05) is 25.1 Å². The molecule has 1 aromatic carbocycles. The SMILES string of the molecule is COc1cccc2c(C)nc(NC#N)nc12. The van der Waals surface area contributed by atoms with Crippen molar-refractivity contribution >= 4 is 16.9 Å². The molecule has 16 heavy (non-hydrogen) atoms. The summed E-state index contributed by atoms with van der Waals surface area (Å²) >= 11 is 0. The molecule has 5 nitrogen and oxygen atoms in total. The fourth-order valence-electron chi connectivity index (χ4n) is 1.55. The maximum Gasteiger partial charge on any atom is 0.237 e. The number of fused-ring (bicyclic) bond motifs is 1. The van der Waals surface area contributed by atoms with Crippen molar-refractivity contribution in [2.45, 2.75) is 6.92 Å². The molecule has 1 aromatic heterocycles. The third-order valence-corrected chi connectivity index (χ3v) is 2.27. The number of rotatable bonds is 2. The maximum atomic E-state index is 8.54. The largest absolute Gasteiger partial charge is 0.494 e. The summed E-state index contributed by atoms with van der Waals surface area (Å²) in [6.45, 7) is 1.87. The lowest BCUT2D eigenvalue weighted by molar-refractivity contribution is 0.419. The van der Waals surface area contributed by atoms with Crippen molar-refractivity contribution in [3.63, 3.8) is 0 Å². The van der Waals surface area contributed by atoms with Crippen LogP contribution in [0.2, 0.25) is 0 Å². The monoisotopic (exact) mass is 214 g/mol. The Balaban J connectivity index is 2.73. The van der Waals surface area contributed by atoms with Crippen LogP contribution in [0.5, 0.6) is 5.75 Å². The molecular weight excluding hydrogens is 204 g/mol. The van der Waals surface area contributed by atoms with Gasteiger partial charge in [-0.2, -0.15) is 5.26 Å². The van der Waals surface area contributed by atoms with Crippen molar-refractivity contribution in [1.82, 2.24) is 9.97 Å². The first-order valence-corrected chi connectivity index (χ1v) is 4.72. The van der Waals surface area contributed by atoms with Gasteiger partial charge in [-0.3, -0.25) is 5.32 Å². The number of hydrogen-bond donors (Lipinski definition) is 1. The van der Waals surface area contributed by atoms with Gasteiger partial charge in [0.2, 0.25) is 5.95 Å². The van der Waals surface area contributed by atoms with E-state index in [1.54, 1.807) is 13.3 Å². The van der Waals surface area contributed by atoms with Gasteiger partial charge in [-0.1, -0.05) is 12.1 Å². The second-order valence-electron chi connectivity index (χ2n) is 3.23. The molecule has 0 saturated heterocycles. The van der Waals surface area contributed by atoms with E-state index in [-0.39, 0.29) is 5.95 Å². The number of methoxy groups -OCH3 is 1. The number of aryl methyl sites for hydroxylation is 1. The molecule has 0 radical (unpaired) electrons. The summed E-state index contributed by atoms with van der Waals surface area (Å²) in [6, 6.07) is 5.63. The summed E-state index contributed by atoms with van der Waals surface area (Å²) in [5.74, 6) is 0.959. The molecule has 0 aliphatic heterocycles. The van der Waals surface area contributed by atoms with Crippen LogP contribution in [-0.2, 0) is 0 Å². The number of benzene rings is 1. The highest BCUT2D eigenvalue weighted by Crippen LogP contribution is 2.25. The first kappa shape index (κ1) is 10.2. The van der Waals surface area contributed by atoms with Gasteiger partial charge in [-0.25, -0.2) is 9.97 Å². The Labute approximate surface area is 92.7 Å². The molecule has 0 aliphatic rings. The predicted octanol–water partition coefficient (Wildman–Crippen LogP) is 1.84. The molecule has 2 rings (SSSR count). The fraction of sp³-hybridized carbons (Fsp3) is 0.182. The van der Waals surface area contributed by atoms with E-state index in [9.17, 15) is 0 Å². The average molecular weight is 214 g/mol. The Morgan fingerprint density at radius 2 is 2.19 bits per heavy atom. The minimum absolute atomic E-state index is 0.289. The van der Waals surface area contributed by atoms with Crippen molar-refractivity contribution in [3.05, 3.63) is 23.9 Å². The Morgan fingerprint density at radius 1 is 1.38 bits per heavy atom. The van der Waals surface area contributed by atoms with Gasteiger partial charge < -0.3 is 4.74 Å². The van der Waals surface area contributed by atoms with Gasteiger partial charge in [-0.15, -0.1) is 0 Å². The van der Waals surface area contributed by atoms with Gasteiger partial charge >= 0.3 is 0 Å². The summed E-state index contributed by atoms with van der Waals surface area (Å²) in [4.78, 5) is 8.39. The van der Waals surface area contributed by atoms with E-state index < -0.39 is 0 Å². The van der Waals surface area contributed by atoms with Crippen LogP contribution in [0.4, 0.5) is 5.95 Å². The smallest absolute Gasteiger partial charge is 0.237 e. The minimum Gasteiger partial charge on any atom is -0.494 e. The third kappa shape index (κ3) is 1.61. The quantitative estimate of drug-likeness (QED) is 0.610. The normalized spacial score (nSPS) is 9.81. The zero-order valence-electron chi connectivity index (χ0n) is 8.98. The Bertz CT molecular complexity index is 574. The molecule has 1 N–H and O–H groups in total. The minimum atomic E-state index is 0.289.